The first-order chi connectivity index (χ1) is 8.72. The van der Waals surface area contributed by atoms with Crippen LogP contribution in [0.2, 0.25) is 0 Å². The topological polar surface area (TPSA) is 35.2 Å². The van der Waals surface area contributed by atoms with Gasteiger partial charge in [0.25, 0.3) is 0 Å². The first kappa shape index (κ1) is 15.4. The van der Waals surface area contributed by atoms with E-state index in [1.54, 1.807) is 0 Å². The SMILES string of the molecule is CC(C)CCSCCCOc1ccc(CN)cc1. The summed E-state index contributed by atoms with van der Waals surface area (Å²) in [5.41, 5.74) is 6.69. The molecule has 0 aliphatic rings. The van der Waals surface area contributed by atoms with Gasteiger partial charge in [0.15, 0.2) is 0 Å². The third kappa shape index (κ3) is 6.92. The maximum atomic E-state index is 5.68. The predicted octanol–water partition coefficient (Wildman–Crippen LogP) is 3.69. The van der Waals surface area contributed by atoms with Crippen molar-refractivity contribution in [1.29, 1.82) is 0 Å². The van der Waals surface area contributed by atoms with Crippen LogP contribution in [0, 0.1) is 5.92 Å². The molecule has 0 aliphatic carbocycles. The Morgan fingerprint density at radius 2 is 1.89 bits per heavy atom. The van der Waals surface area contributed by atoms with E-state index in [4.69, 9.17) is 10.5 Å². The third-order valence-corrected chi connectivity index (χ3v) is 3.80. The van der Waals surface area contributed by atoms with Crippen molar-refractivity contribution in [3.63, 3.8) is 0 Å². The molecule has 0 aliphatic heterocycles. The molecule has 3 heteroatoms. The fourth-order valence-electron chi connectivity index (χ4n) is 1.49. The number of benzene rings is 1. The average molecular weight is 267 g/mol. The lowest BCUT2D eigenvalue weighted by Gasteiger charge is -2.07. The lowest BCUT2D eigenvalue weighted by atomic mass is 10.2. The van der Waals surface area contributed by atoms with E-state index in [9.17, 15) is 0 Å². The van der Waals surface area contributed by atoms with Gasteiger partial charge in [-0.2, -0.15) is 11.8 Å². The van der Waals surface area contributed by atoms with Crippen LogP contribution in [0.5, 0.6) is 5.75 Å². The zero-order valence-electron chi connectivity index (χ0n) is 11.5. The molecule has 2 N–H and O–H groups in total. The monoisotopic (exact) mass is 267 g/mol. The summed E-state index contributed by atoms with van der Waals surface area (Å²) < 4.78 is 5.68. The van der Waals surface area contributed by atoms with Crippen molar-refractivity contribution in [2.75, 3.05) is 18.1 Å². The van der Waals surface area contributed by atoms with E-state index >= 15 is 0 Å². The van der Waals surface area contributed by atoms with Crippen LogP contribution in [0.25, 0.3) is 0 Å². The van der Waals surface area contributed by atoms with Gasteiger partial charge in [-0.1, -0.05) is 26.0 Å². The summed E-state index contributed by atoms with van der Waals surface area (Å²) in [7, 11) is 0. The van der Waals surface area contributed by atoms with Gasteiger partial charge in [0.2, 0.25) is 0 Å². The van der Waals surface area contributed by atoms with Crippen LogP contribution in [-0.4, -0.2) is 18.1 Å². The molecule has 0 saturated heterocycles. The van der Waals surface area contributed by atoms with E-state index in [2.05, 4.69) is 13.8 Å². The Morgan fingerprint density at radius 1 is 1.17 bits per heavy atom. The molecule has 18 heavy (non-hydrogen) atoms. The van der Waals surface area contributed by atoms with Crippen LogP contribution >= 0.6 is 11.8 Å². The number of nitrogens with two attached hydrogens (primary N) is 1. The summed E-state index contributed by atoms with van der Waals surface area (Å²) in [5, 5.41) is 0. The number of hydrogen-bond acceptors (Lipinski definition) is 3. The number of ether oxygens (including phenoxy) is 1. The highest BCUT2D eigenvalue weighted by Gasteiger charge is 1.96. The second kappa shape index (κ2) is 9.29. The second-order valence-electron chi connectivity index (χ2n) is 4.84. The van der Waals surface area contributed by atoms with Crippen molar-refractivity contribution in [3.05, 3.63) is 29.8 Å². The Labute approximate surface area is 115 Å². The van der Waals surface area contributed by atoms with Crippen molar-refractivity contribution < 1.29 is 4.74 Å². The first-order valence-electron chi connectivity index (χ1n) is 6.72. The summed E-state index contributed by atoms with van der Waals surface area (Å²) in [4.78, 5) is 0. The molecular weight excluding hydrogens is 242 g/mol. The molecule has 102 valence electrons. The van der Waals surface area contributed by atoms with Gasteiger partial charge in [-0.3, -0.25) is 0 Å². The smallest absolute Gasteiger partial charge is 0.119 e. The molecule has 0 aromatic heterocycles. The fraction of sp³-hybridized carbons (Fsp3) is 0.600. The lowest BCUT2D eigenvalue weighted by Crippen LogP contribution is -2.00. The normalized spacial score (nSPS) is 10.9. The van der Waals surface area contributed by atoms with Gasteiger partial charge in [0.05, 0.1) is 6.61 Å². The molecule has 0 saturated carbocycles. The van der Waals surface area contributed by atoms with Crippen LogP contribution in [-0.2, 0) is 6.54 Å². The van der Waals surface area contributed by atoms with Gasteiger partial charge in [-0.25, -0.2) is 0 Å². The van der Waals surface area contributed by atoms with Gasteiger partial charge in [0, 0.05) is 6.54 Å². The van der Waals surface area contributed by atoms with Crippen molar-refractivity contribution in [3.8, 4) is 5.75 Å². The zero-order chi connectivity index (χ0) is 13.2. The van der Waals surface area contributed by atoms with E-state index in [0.29, 0.717) is 6.54 Å². The van der Waals surface area contributed by atoms with Crippen LogP contribution < -0.4 is 10.5 Å². The zero-order valence-corrected chi connectivity index (χ0v) is 12.3. The molecule has 0 spiro atoms. The predicted molar refractivity (Wildman–Crippen MR) is 81.2 cm³/mol. The largest absolute Gasteiger partial charge is 0.494 e. The first-order valence-corrected chi connectivity index (χ1v) is 7.87. The minimum Gasteiger partial charge on any atom is -0.494 e. The summed E-state index contributed by atoms with van der Waals surface area (Å²) in [6, 6.07) is 8.03. The van der Waals surface area contributed by atoms with Gasteiger partial charge in [0.1, 0.15) is 5.75 Å². The fourth-order valence-corrected chi connectivity index (χ4v) is 2.66. The second-order valence-corrected chi connectivity index (χ2v) is 6.07. The maximum Gasteiger partial charge on any atom is 0.119 e. The molecule has 1 aromatic carbocycles. The van der Waals surface area contributed by atoms with Crippen LogP contribution in [0.4, 0.5) is 0 Å². The van der Waals surface area contributed by atoms with Crippen molar-refractivity contribution in [2.24, 2.45) is 11.7 Å². The number of thioether (sulfide) groups is 1. The molecular formula is C15H25NOS. The summed E-state index contributed by atoms with van der Waals surface area (Å²) >= 11 is 2.03. The number of hydrogen-bond donors (Lipinski definition) is 1. The average Bonchev–Trinajstić information content (AvgIpc) is 2.38. The minimum atomic E-state index is 0.590. The van der Waals surface area contributed by atoms with E-state index in [-0.39, 0.29) is 0 Å². The van der Waals surface area contributed by atoms with Crippen LogP contribution in [0.15, 0.2) is 24.3 Å². The molecule has 1 aromatic rings. The van der Waals surface area contributed by atoms with Crippen molar-refractivity contribution in [1.82, 2.24) is 0 Å². The van der Waals surface area contributed by atoms with Gasteiger partial charge >= 0.3 is 0 Å². The van der Waals surface area contributed by atoms with E-state index < -0.39 is 0 Å². The van der Waals surface area contributed by atoms with E-state index in [1.165, 1.54) is 17.9 Å². The van der Waals surface area contributed by atoms with E-state index in [1.807, 2.05) is 36.0 Å². The van der Waals surface area contributed by atoms with Crippen LogP contribution in [0.1, 0.15) is 32.3 Å². The standard InChI is InChI=1S/C15H25NOS/c1-13(2)8-11-18-10-3-9-17-15-6-4-14(12-16)5-7-15/h4-7,13H,3,8-12,16H2,1-2H3. The van der Waals surface area contributed by atoms with Gasteiger partial charge in [-0.05, 0) is 48.0 Å². The Balaban J connectivity index is 2.03. The Morgan fingerprint density at radius 3 is 2.50 bits per heavy atom. The summed E-state index contributed by atoms with van der Waals surface area (Å²) in [5.74, 6) is 4.21. The van der Waals surface area contributed by atoms with E-state index in [0.717, 1.165) is 30.3 Å². The van der Waals surface area contributed by atoms with Crippen molar-refractivity contribution in [2.45, 2.75) is 33.2 Å². The van der Waals surface area contributed by atoms with Crippen molar-refractivity contribution >= 4 is 11.8 Å². The molecule has 0 fully saturated rings. The minimum absolute atomic E-state index is 0.590. The highest BCUT2D eigenvalue weighted by atomic mass is 32.2. The Bertz CT molecular complexity index is 311. The molecule has 0 radical (unpaired) electrons. The molecule has 0 unspecified atom stereocenters. The number of rotatable bonds is 9. The molecule has 1 rings (SSSR count). The molecule has 0 heterocycles. The van der Waals surface area contributed by atoms with Crippen LogP contribution in [0.3, 0.4) is 0 Å². The summed E-state index contributed by atoms with van der Waals surface area (Å²) in [6.45, 7) is 5.94. The molecule has 0 atom stereocenters. The highest BCUT2D eigenvalue weighted by molar-refractivity contribution is 7.99. The molecule has 2 nitrogen and oxygen atoms in total. The van der Waals surface area contributed by atoms with Gasteiger partial charge < -0.3 is 10.5 Å². The lowest BCUT2D eigenvalue weighted by molar-refractivity contribution is 0.318. The summed E-state index contributed by atoms with van der Waals surface area (Å²) in [6.07, 6.45) is 2.42. The quantitative estimate of drug-likeness (QED) is 0.693. The third-order valence-electron chi connectivity index (χ3n) is 2.70. The molecule has 0 amide bonds. The maximum absolute atomic E-state index is 5.68. The Hall–Kier alpha value is -0.670. The Kier molecular flexibility index (Phi) is 7.94. The highest BCUT2D eigenvalue weighted by Crippen LogP contribution is 2.13. The van der Waals surface area contributed by atoms with Gasteiger partial charge in [-0.15, -0.1) is 0 Å². The molecule has 0 bridgehead atoms.